The van der Waals surface area contributed by atoms with E-state index in [2.05, 4.69) is 4.90 Å². The number of sulfonamides is 1. The molecule has 0 spiro atoms. The molecule has 3 saturated heterocycles. The molecule has 0 N–H and O–H groups in total. The Balaban J connectivity index is 1.32. The number of piperidine rings is 1. The molecule has 3 aliphatic heterocycles. The lowest BCUT2D eigenvalue weighted by Crippen LogP contribution is -2.44. The van der Waals surface area contributed by atoms with Crippen molar-refractivity contribution in [3.05, 3.63) is 30.3 Å². The summed E-state index contributed by atoms with van der Waals surface area (Å²) in [6.07, 6.45) is 4.87. The molecule has 1 aromatic carbocycles. The first-order valence-corrected chi connectivity index (χ1v) is 11.6. The second-order valence-electron chi connectivity index (χ2n) is 7.96. The second kappa shape index (κ2) is 7.89. The number of rotatable bonds is 4. The minimum absolute atomic E-state index is 0.0375. The Morgan fingerprint density at radius 2 is 1.56 bits per heavy atom. The predicted molar refractivity (Wildman–Crippen MR) is 104 cm³/mol. The van der Waals surface area contributed by atoms with Gasteiger partial charge in [-0.3, -0.25) is 9.69 Å². The summed E-state index contributed by atoms with van der Waals surface area (Å²) in [5.74, 6) is 0.193. The highest BCUT2D eigenvalue weighted by molar-refractivity contribution is 7.89. The fraction of sp³-hybridized carbons (Fsp3) is 0.650. The molecule has 0 radical (unpaired) electrons. The fourth-order valence-electron chi connectivity index (χ4n) is 4.69. The maximum Gasteiger partial charge on any atom is 0.243 e. The standard InChI is InChI=1S/C20H29N3O3S/c24-20(22-13-10-18(16-22)21-11-4-5-12-21)17-8-14-23(15-9-17)27(25,26)19-6-2-1-3-7-19/h1-3,6-7,17-18H,4-5,8-16H2. The number of likely N-dealkylation sites (tertiary alicyclic amines) is 2. The average Bonchev–Trinajstić information content (AvgIpc) is 3.40. The lowest BCUT2D eigenvalue weighted by Gasteiger charge is -2.32. The third-order valence-corrected chi connectivity index (χ3v) is 8.23. The van der Waals surface area contributed by atoms with Gasteiger partial charge in [0.15, 0.2) is 0 Å². The molecular weight excluding hydrogens is 362 g/mol. The van der Waals surface area contributed by atoms with E-state index in [1.54, 1.807) is 24.3 Å². The van der Waals surface area contributed by atoms with Gasteiger partial charge in [-0.25, -0.2) is 8.42 Å². The maximum atomic E-state index is 12.9. The van der Waals surface area contributed by atoms with Crippen molar-refractivity contribution in [2.75, 3.05) is 39.3 Å². The average molecular weight is 392 g/mol. The zero-order valence-electron chi connectivity index (χ0n) is 15.8. The highest BCUT2D eigenvalue weighted by Crippen LogP contribution is 2.27. The van der Waals surface area contributed by atoms with E-state index in [9.17, 15) is 13.2 Å². The van der Waals surface area contributed by atoms with Crippen molar-refractivity contribution >= 4 is 15.9 Å². The number of nitrogens with zero attached hydrogens (tertiary/aromatic N) is 3. The first-order chi connectivity index (χ1) is 13.1. The molecule has 148 valence electrons. The maximum absolute atomic E-state index is 12.9. The number of hydrogen-bond donors (Lipinski definition) is 0. The largest absolute Gasteiger partial charge is 0.341 e. The van der Waals surface area contributed by atoms with Gasteiger partial charge in [-0.15, -0.1) is 0 Å². The minimum atomic E-state index is -3.45. The predicted octanol–water partition coefficient (Wildman–Crippen LogP) is 1.78. The van der Waals surface area contributed by atoms with Gasteiger partial charge in [0.1, 0.15) is 0 Å². The Hall–Kier alpha value is -1.44. The molecule has 1 unspecified atom stereocenters. The summed E-state index contributed by atoms with van der Waals surface area (Å²) in [7, 11) is -3.45. The van der Waals surface area contributed by atoms with Crippen LogP contribution in [0.2, 0.25) is 0 Å². The molecule has 6 nitrogen and oxygen atoms in total. The van der Waals surface area contributed by atoms with Crippen LogP contribution in [0.15, 0.2) is 35.2 Å². The Morgan fingerprint density at radius 3 is 2.22 bits per heavy atom. The van der Waals surface area contributed by atoms with Crippen LogP contribution in [-0.2, 0) is 14.8 Å². The van der Waals surface area contributed by atoms with Crippen LogP contribution < -0.4 is 0 Å². The van der Waals surface area contributed by atoms with E-state index in [0.717, 1.165) is 19.5 Å². The highest BCUT2D eigenvalue weighted by atomic mass is 32.2. The molecular formula is C20H29N3O3S. The summed E-state index contributed by atoms with van der Waals surface area (Å²) in [6, 6.07) is 9.09. The quantitative estimate of drug-likeness (QED) is 0.785. The Labute approximate surface area is 162 Å². The molecule has 0 aliphatic carbocycles. The van der Waals surface area contributed by atoms with Gasteiger partial charge in [0.25, 0.3) is 0 Å². The summed E-state index contributed by atoms with van der Waals surface area (Å²) in [6.45, 7) is 4.89. The number of amides is 1. The number of hydrogen-bond acceptors (Lipinski definition) is 4. The monoisotopic (exact) mass is 391 g/mol. The van der Waals surface area contributed by atoms with Gasteiger partial charge < -0.3 is 4.90 Å². The zero-order valence-corrected chi connectivity index (χ0v) is 16.6. The molecule has 3 fully saturated rings. The summed E-state index contributed by atoms with van der Waals surface area (Å²) in [5.41, 5.74) is 0. The van der Waals surface area contributed by atoms with E-state index in [1.807, 2.05) is 11.0 Å². The summed E-state index contributed by atoms with van der Waals surface area (Å²) in [5, 5.41) is 0. The smallest absolute Gasteiger partial charge is 0.243 e. The molecule has 1 aromatic rings. The van der Waals surface area contributed by atoms with Crippen molar-refractivity contribution in [3.63, 3.8) is 0 Å². The van der Waals surface area contributed by atoms with Gasteiger partial charge >= 0.3 is 0 Å². The van der Waals surface area contributed by atoms with E-state index in [4.69, 9.17) is 0 Å². The third kappa shape index (κ3) is 3.91. The zero-order chi connectivity index (χ0) is 18.9. The van der Waals surface area contributed by atoms with E-state index >= 15 is 0 Å². The second-order valence-corrected chi connectivity index (χ2v) is 9.90. The Bertz CT molecular complexity index is 754. The number of benzene rings is 1. The molecule has 1 atom stereocenters. The van der Waals surface area contributed by atoms with Gasteiger partial charge in [0.05, 0.1) is 4.90 Å². The van der Waals surface area contributed by atoms with Crippen LogP contribution in [0.4, 0.5) is 0 Å². The van der Waals surface area contributed by atoms with Crippen LogP contribution in [0.5, 0.6) is 0 Å². The van der Waals surface area contributed by atoms with E-state index in [1.165, 1.54) is 30.2 Å². The molecule has 0 aromatic heterocycles. The summed E-state index contributed by atoms with van der Waals surface area (Å²) in [4.78, 5) is 17.8. The van der Waals surface area contributed by atoms with Crippen LogP contribution in [-0.4, -0.2) is 73.7 Å². The van der Waals surface area contributed by atoms with Crippen LogP contribution in [0.3, 0.4) is 0 Å². The van der Waals surface area contributed by atoms with E-state index < -0.39 is 10.0 Å². The molecule has 3 aliphatic rings. The topological polar surface area (TPSA) is 60.9 Å². The number of carbonyl (C=O) groups excluding carboxylic acids is 1. The molecule has 3 heterocycles. The lowest BCUT2D eigenvalue weighted by atomic mass is 9.96. The van der Waals surface area contributed by atoms with Crippen LogP contribution in [0.25, 0.3) is 0 Å². The normalized spacial score (nSPS) is 25.9. The molecule has 0 bridgehead atoms. The van der Waals surface area contributed by atoms with Crippen LogP contribution >= 0.6 is 0 Å². The fourth-order valence-corrected chi connectivity index (χ4v) is 6.18. The van der Waals surface area contributed by atoms with Crippen molar-refractivity contribution in [2.45, 2.75) is 43.0 Å². The van der Waals surface area contributed by atoms with Gasteiger partial charge in [0.2, 0.25) is 15.9 Å². The summed E-state index contributed by atoms with van der Waals surface area (Å²) < 4.78 is 27.0. The number of carbonyl (C=O) groups is 1. The third-order valence-electron chi connectivity index (χ3n) is 6.32. The first kappa shape index (κ1) is 18.9. The van der Waals surface area contributed by atoms with Gasteiger partial charge in [0, 0.05) is 38.1 Å². The Morgan fingerprint density at radius 1 is 0.889 bits per heavy atom. The highest BCUT2D eigenvalue weighted by Gasteiger charge is 2.37. The molecule has 4 rings (SSSR count). The van der Waals surface area contributed by atoms with Crippen molar-refractivity contribution in [1.82, 2.24) is 14.1 Å². The molecule has 7 heteroatoms. The summed E-state index contributed by atoms with van der Waals surface area (Å²) >= 11 is 0. The minimum Gasteiger partial charge on any atom is -0.341 e. The van der Waals surface area contributed by atoms with Gasteiger partial charge in [-0.05, 0) is 57.3 Å². The van der Waals surface area contributed by atoms with Crippen molar-refractivity contribution in [3.8, 4) is 0 Å². The van der Waals surface area contributed by atoms with Crippen LogP contribution in [0.1, 0.15) is 32.1 Å². The van der Waals surface area contributed by atoms with Crippen molar-refractivity contribution in [1.29, 1.82) is 0 Å². The SMILES string of the molecule is O=C(C1CCN(S(=O)(=O)c2ccccc2)CC1)N1CCC(N2CCCC2)C1. The van der Waals surface area contributed by atoms with Gasteiger partial charge in [-0.1, -0.05) is 18.2 Å². The Kier molecular flexibility index (Phi) is 5.53. The van der Waals surface area contributed by atoms with Crippen LogP contribution in [0, 0.1) is 5.92 Å². The molecule has 0 saturated carbocycles. The van der Waals surface area contributed by atoms with E-state index in [-0.39, 0.29) is 11.8 Å². The van der Waals surface area contributed by atoms with Gasteiger partial charge in [-0.2, -0.15) is 4.31 Å². The molecule has 1 amide bonds. The van der Waals surface area contributed by atoms with E-state index in [0.29, 0.717) is 36.9 Å². The molecule has 27 heavy (non-hydrogen) atoms. The van der Waals surface area contributed by atoms with Crippen molar-refractivity contribution < 1.29 is 13.2 Å². The van der Waals surface area contributed by atoms with Crippen molar-refractivity contribution in [2.24, 2.45) is 5.92 Å². The first-order valence-electron chi connectivity index (χ1n) is 10.1. The lowest BCUT2D eigenvalue weighted by molar-refractivity contribution is -0.135.